The van der Waals surface area contributed by atoms with Crippen molar-refractivity contribution in [1.82, 2.24) is 10.9 Å². The standard InChI is InChI=1S/C14H21N3O4S/c1-4-21-14(18)11-8-15-16-13(11)22(19,20)17-12-6-5-9(2)7-10(12)3/h5-7,11,13,15-17H,4,8H2,1-3H3. The van der Waals surface area contributed by atoms with E-state index in [4.69, 9.17) is 4.74 Å². The summed E-state index contributed by atoms with van der Waals surface area (Å²) < 4.78 is 32.5. The Morgan fingerprint density at radius 2 is 2.14 bits per heavy atom. The van der Waals surface area contributed by atoms with Crippen LogP contribution < -0.4 is 15.6 Å². The van der Waals surface area contributed by atoms with Crippen molar-refractivity contribution >= 4 is 21.7 Å². The molecular formula is C14H21N3O4S. The number of esters is 1. The molecule has 0 aliphatic carbocycles. The van der Waals surface area contributed by atoms with Crippen molar-refractivity contribution in [3.8, 4) is 0 Å². The molecule has 0 spiro atoms. The van der Waals surface area contributed by atoms with E-state index in [1.165, 1.54) is 0 Å². The van der Waals surface area contributed by atoms with Gasteiger partial charge >= 0.3 is 5.97 Å². The summed E-state index contributed by atoms with van der Waals surface area (Å²) in [6, 6.07) is 5.43. The summed E-state index contributed by atoms with van der Waals surface area (Å²) in [7, 11) is -3.79. The molecule has 8 heteroatoms. The molecule has 2 rings (SSSR count). The lowest BCUT2D eigenvalue weighted by atomic mass is 10.1. The molecule has 2 unspecified atom stereocenters. The third-order valence-corrected chi connectivity index (χ3v) is 5.11. The Balaban J connectivity index is 2.20. The van der Waals surface area contributed by atoms with E-state index in [1.807, 2.05) is 26.0 Å². The van der Waals surface area contributed by atoms with Crippen LogP contribution in [0.4, 0.5) is 5.69 Å². The molecule has 122 valence electrons. The number of ether oxygens (including phenoxy) is 1. The van der Waals surface area contributed by atoms with Crippen LogP contribution in [0, 0.1) is 19.8 Å². The highest BCUT2D eigenvalue weighted by molar-refractivity contribution is 7.93. The fourth-order valence-corrected chi connectivity index (χ4v) is 3.91. The number of benzene rings is 1. The highest BCUT2D eigenvalue weighted by atomic mass is 32.2. The average molecular weight is 327 g/mol. The van der Waals surface area contributed by atoms with E-state index in [2.05, 4.69) is 15.6 Å². The van der Waals surface area contributed by atoms with Gasteiger partial charge in [-0.1, -0.05) is 17.7 Å². The van der Waals surface area contributed by atoms with Gasteiger partial charge in [0.1, 0.15) is 5.92 Å². The number of hydrogen-bond donors (Lipinski definition) is 3. The Morgan fingerprint density at radius 1 is 1.41 bits per heavy atom. The maximum absolute atomic E-state index is 12.5. The minimum absolute atomic E-state index is 0.206. The maximum Gasteiger partial charge on any atom is 0.313 e. The Kier molecular flexibility index (Phi) is 5.05. The second kappa shape index (κ2) is 6.64. The minimum atomic E-state index is -3.79. The summed E-state index contributed by atoms with van der Waals surface area (Å²) in [6.07, 6.45) is 0. The number of carbonyl (C=O) groups is 1. The first-order chi connectivity index (χ1) is 10.3. The zero-order valence-electron chi connectivity index (χ0n) is 12.8. The number of anilines is 1. The SMILES string of the molecule is CCOC(=O)C1CNNC1S(=O)(=O)Nc1ccc(C)cc1C. The largest absolute Gasteiger partial charge is 0.466 e. The molecule has 0 bridgehead atoms. The summed E-state index contributed by atoms with van der Waals surface area (Å²) in [5.74, 6) is -1.32. The van der Waals surface area contributed by atoms with E-state index in [-0.39, 0.29) is 13.2 Å². The molecular weight excluding hydrogens is 306 g/mol. The van der Waals surface area contributed by atoms with E-state index < -0.39 is 27.3 Å². The molecule has 0 amide bonds. The first-order valence-electron chi connectivity index (χ1n) is 7.09. The van der Waals surface area contributed by atoms with Crippen molar-refractivity contribution in [2.75, 3.05) is 17.9 Å². The molecule has 3 N–H and O–H groups in total. The number of hydrogen-bond acceptors (Lipinski definition) is 6. The van der Waals surface area contributed by atoms with Gasteiger partial charge in [-0.15, -0.1) is 0 Å². The van der Waals surface area contributed by atoms with E-state index in [0.29, 0.717) is 5.69 Å². The van der Waals surface area contributed by atoms with Crippen LogP contribution in [0.2, 0.25) is 0 Å². The quantitative estimate of drug-likeness (QED) is 0.688. The molecule has 2 atom stereocenters. The topological polar surface area (TPSA) is 96.5 Å². The molecule has 0 radical (unpaired) electrons. The average Bonchev–Trinajstić information content (AvgIpc) is 2.92. The van der Waals surface area contributed by atoms with Crippen molar-refractivity contribution in [2.24, 2.45) is 5.92 Å². The van der Waals surface area contributed by atoms with Gasteiger partial charge in [0.2, 0.25) is 0 Å². The smallest absolute Gasteiger partial charge is 0.313 e. The molecule has 22 heavy (non-hydrogen) atoms. The summed E-state index contributed by atoms with van der Waals surface area (Å²) in [6.45, 7) is 5.87. The molecule has 1 fully saturated rings. The summed E-state index contributed by atoms with van der Waals surface area (Å²) in [4.78, 5) is 11.9. The molecule has 1 aliphatic heterocycles. The van der Waals surface area contributed by atoms with Crippen molar-refractivity contribution in [3.05, 3.63) is 29.3 Å². The van der Waals surface area contributed by atoms with Crippen LogP contribution in [-0.2, 0) is 19.6 Å². The van der Waals surface area contributed by atoms with E-state index in [1.54, 1.807) is 13.0 Å². The summed E-state index contributed by atoms with van der Waals surface area (Å²) in [5, 5.41) is -1.08. The molecule has 1 aliphatic rings. The van der Waals surface area contributed by atoms with Crippen molar-refractivity contribution in [3.63, 3.8) is 0 Å². The number of hydrazine groups is 1. The Hall–Kier alpha value is -1.64. The van der Waals surface area contributed by atoms with Gasteiger partial charge in [-0.25, -0.2) is 13.8 Å². The Bertz CT molecular complexity index is 660. The first-order valence-corrected chi connectivity index (χ1v) is 8.63. The summed E-state index contributed by atoms with van der Waals surface area (Å²) in [5.41, 5.74) is 7.71. The van der Waals surface area contributed by atoms with E-state index in [9.17, 15) is 13.2 Å². The van der Waals surface area contributed by atoms with Crippen molar-refractivity contribution in [2.45, 2.75) is 26.1 Å². The van der Waals surface area contributed by atoms with Crippen LogP contribution in [0.1, 0.15) is 18.1 Å². The van der Waals surface area contributed by atoms with Gasteiger partial charge in [-0.2, -0.15) is 0 Å². The monoisotopic (exact) mass is 327 g/mol. The fourth-order valence-electron chi connectivity index (χ4n) is 2.37. The number of rotatable bonds is 5. The van der Waals surface area contributed by atoms with E-state index >= 15 is 0 Å². The van der Waals surface area contributed by atoms with E-state index in [0.717, 1.165) is 11.1 Å². The predicted molar refractivity (Wildman–Crippen MR) is 83.5 cm³/mol. The number of nitrogens with one attached hydrogen (secondary N) is 3. The van der Waals surface area contributed by atoms with Crippen LogP contribution >= 0.6 is 0 Å². The third-order valence-electron chi connectivity index (χ3n) is 3.49. The molecule has 1 aromatic rings. The number of aryl methyl sites for hydroxylation is 2. The van der Waals surface area contributed by atoms with Crippen molar-refractivity contribution < 1.29 is 17.9 Å². The zero-order valence-corrected chi connectivity index (χ0v) is 13.7. The van der Waals surface area contributed by atoms with Gasteiger partial charge < -0.3 is 4.74 Å². The van der Waals surface area contributed by atoms with Gasteiger partial charge in [0, 0.05) is 6.54 Å². The highest BCUT2D eigenvalue weighted by Gasteiger charge is 2.42. The Morgan fingerprint density at radius 3 is 2.77 bits per heavy atom. The first kappa shape index (κ1) is 16.7. The second-order valence-electron chi connectivity index (χ2n) is 5.27. The number of sulfonamides is 1. The lowest BCUT2D eigenvalue weighted by molar-refractivity contribution is -0.147. The Labute approximate surface area is 130 Å². The van der Waals surface area contributed by atoms with Gasteiger partial charge in [0.25, 0.3) is 10.0 Å². The normalized spacial score (nSPS) is 21.6. The van der Waals surface area contributed by atoms with Crippen molar-refractivity contribution in [1.29, 1.82) is 0 Å². The predicted octanol–water partition coefficient (Wildman–Crippen LogP) is 0.658. The maximum atomic E-state index is 12.5. The molecule has 1 saturated heterocycles. The lowest BCUT2D eigenvalue weighted by Gasteiger charge is -2.19. The molecule has 7 nitrogen and oxygen atoms in total. The van der Waals surface area contributed by atoms with Gasteiger partial charge in [-0.3, -0.25) is 14.9 Å². The van der Waals surface area contributed by atoms with Gasteiger partial charge in [0.05, 0.1) is 12.3 Å². The number of carbonyl (C=O) groups excluding carboxylic acids is 1. The molecule has 0 saturated carbocycles. The highest BCUT2D eigenvalue weighted by Crippen LogP contribution is 2.22. The molecule has 0 aromatic heterocycles. The molecule has 1 aromatic carbocycles. The van der Waals surface area contributed by atoms with Crippen LogP contribution in [0.3, 0.4) is 0 Å². The van der Waals surface area contributed by atoms with Crippen LogP contribution in [0.5, 0.6) is 0 Å². The lowest BCUT2D eigenvalue weighted by Crippen LogP contribution is -2.44. The summed E-state index contributed by atoms with van der Waals surface area (Å²) >= 11 is 0. The van der Waals surface area contributed by atoms with Gasteiger partial charge in [-0.05, 0) is 32.4 Å². The van der Waals surface area contributed by atoms with Crippen LogP contribution in [0.15, 0.2) is 18.2 Å². The van der Waals surface area contributed by atoms with Crippen LogP contribution in [0.25, 0.3) is 0 Å². The third kappa shape index (κ3) is 3.57. The second-order valence-corrected chi connectivity index (χ2v) is 7.07. The zero-order chi connectivity index (χ0) is 16.3. The minimum Gasteiger partial charge on any atom is -0.466 e. The fraction of sp³-hybridized carbons (Fsp3) is 0.500. The molecule has 1 heterocycles. The van der Waals surface area contributed by atoms with Crippen LogP contribution in [-0.4, -0.2) is 32.9 Å². The van der Waals surface area contributed by atoms with Gasteiger partial charge in [0.15, 0.2) is 5.37 Å².